The number of benzene rings is 2. The molecule has 1 N–H and O–H groups in total. The Balaban J connectivity index is -0.000000240. The average Bonchev–Trinajstić information content (AvgIpc) is 3.48. The van der Waals surface area contributed by atoms with Crippen LogP contribution in [0.3, 0.4) is 0 Å². The van der Waals surface area contributed by atoms with Gasteiger partial charge < -0.3 is 9.78 Å². The molecular formula is C40H72N2O. The molecule has 0 atom stereocenters. The summed E-state index contributed by atoms with van der Waals surface area (Å²) in [7, 11) is 0. The van der Waals surface area contributed by atoms with Crippen LogP contribution in [0.4, 0.5) is 0 Å². The molecule has 0 radical (unpaired) electrons. The fourth-order valence-corrected chi connectivity index (χ4v) is 3.08. The molecule has 0 fully saturated rings. The van der Waals surface area contributed by atoms with Crippen molar-refractivity contribution in [1.82, 2.24) is 9.97 Å². The molecule has 0 aliphatic rings. The Bertz CT molecular complexity index is 1040. The van der Waals surface area contributed by atoms with Gasteiger partial charge in [-0.1, -0.05) is 184 Å². The van der Waals surface area contributed by atoms with Crippen LogP contribution in [0.5, 0.6) is 0 Å². The van der Waals surface area contributed by atoms with Crippen LogP contribution in [0.15, 0.2) is 48.5 Å². The van der Waals surface area contributed by atoms with Gasteiger partial charge in [-0.25, -0.2) is 4.98 Å². The number of carbonyl (C=O) groups is 1. The maximum absolute atomic E-state index is 8.00. The van der Waals surface area contributed by atoms with E-state index in [0.717, 1.165) is 40.8 Å². The van der Waals surface area contributed by atoms with Crippen molar-refractivity contribution < 1.29 is 4.79 Å². The third-order valence-electron chi connectivity index (χ3n) is 4.74. The van der Waals surface area contributed by atoms with Crippen molar-refractivity contribution >= 4 is 18.9 Å². The van der Waals surface area contributed by atoms with Crippen molar-refractivity contribution in [1.29, 1.82) is 0 Å². The van der Waals surface area contributed by atoms with Gasteiger partial charge in [-0.05, 0) is 41.9 Å². The SMILES string of the molecule is C/C=c1/nc(-c2ccc(-c3ccc(C(C)C)cc3)cc2)[nH]/c1=C/CCC.C=O.CC.CC.CC.CC.CC(C)C.CCC. The topological polar surface area (TPSA) is 45.8 Å². The van der Waals surface area contributed by atoms with E-state index in [4.69, 9.17) is 9.78 Å². The number of hydrogen-bond donors (Lipinski definition) is 1. The second-order valence-electron chi connectivity index (χ2n) is 9.46. The van der Waals surface area contributed by atoms with Crippen LogP contribution in [0.25, 0.3) is 34.7 Å². The number of carbonyl (C=O) groups excluding carboxylic acids is 1. The Kier molecular flexibility index (Phi) is 42.9. The largest absolute Gasteiger partial charge is 0.338 e. The summed E-state index contributed by atoms with van der Waals surface area (Å²) in [6.07, 6.45) is 7.75. The number of nitrogens with one attached hydrogen (secondary N) is 1. The predicted octanol–water partition coefficient (Wildman–Crippen LogP) is 12.2. The molecule has 0 saturated carbocycles. The highest BCUT2D eigenvalue weighted by atomic mass is 16.1. The first-order valence-corrected chi connectivity index (χ1v) is 17.0. The second-order valence-corrected chi connectivity index (χ2v) is 9.46. The summed E-state index contributed by atoms with van der Waals surface area (Å²) in [5, 5.41) is 2.15. The zero-order valence-corrected chi connectivity index (χ0v) is 31.6. The van der Waals surface area contributed by atoms with Crippen LogP contribution in [0, 0.1) is 5.92 Å². The molecule has 3 rings (SSSR count). The predicted molar refractivity (Wildman–Crippen MR) is 201 cm³/mol. The molecular weight excluding hydrogens is 524 g/mol. The molecule has 0 amide bonds. The Hall–Kier alpha value is -2.94. The Morgan fingerprint density at radius 1 is 0.698 bits per heavy atom. The molecule has 0 spiro atoms. The zero-order valence-electron chi connectivity index (χ0n) is 31.6. The van der Waals surface area contributed by atoms with E-state index in [0.29, 0.717) is 5.92 Å². The molecule has 0 aliphatic carbocycles. The van der Waals surface area contributed by atoms with Crippen LogP contribution < -0.4 is 10.7 Å². The lowest BCUT2D eigenvalue weighted by Gasteiger charge is -2.07. The minimum Gasteiger partial charge on any atom is -0.338 e. The molecule has 0 bridgehead atoms. The second kappa shape index (κ2) is 37.1. The lowest BCUT2D eigenvalue weighted by Crippen LogP contribution is -2.23. The standard InChI is InChI=1S/C24H28N2.C4H10.C3H8.4C2H6.CH2O/c1-5-7-8-23-22(6-2)25-24(26-23)21-15-13-20(14-16-21)19-11-9-18(10-12-19)17(3)4;1-4(2)3;1-3-2;5*1-2/h6,8-17H,5,7H2,1-4H3,(H,25,26);4H,1-3H3;3H2,1-2H3;4*1-2H3;1H2/b22-6+,23-8+;;;;;;;. The van der Waals surface area contributed by atoms with E-state index < -0.39 is 0 Å². The number of rotatable bonds is 5. The summed E-state index contributed by atoms with van der Waals surface area (Å²) < 4.78 is 0. The molecule has 248 valence electrons. The summed E-state index contributed by atoms with van der Waals surface area (Å²) in [4.78, 5) is 16.2. The highest BCUT2D eigenvalue weighted by molar-refractivity contribution is 5.68. The average molecular weight is 597 g/mol. The van der Waals surface area contributed by atoms with Crippen LogP contribution in [0.1, 0.15) is 148 Å². The van der Waals surface area contributed by atoms with Gasteiger partial charge in [-0.2, -0.15) is 0 Å². The highest BCUT2D eigenvalue weighted by Crippen LogP contribution is 2.24. The number of aromatic amines is 1. The first-order valence-electron chi connectivity index (χ1n) is 17.0. The van der Waals surface area contributed by atoms with Crippen LogP contribution in [0.2, 0.25) is 0 Å². The molecule has 1 heterocycles. The Morgan fingerprint density at radius 3 is 1.37 bits per heavy atom. The van der Waals surface area contributed by atoms with Crippen molar-refractivity contribution in [2.24, 2.45) is 5.92 Å². The summed E-state index contributed by atoms with van der Waals surface area (Å²) in [5.41, 5.74) is 4.97. The Morgan fingerprint density at radius 2 is 1.05 bits per heavy atom. The van der Waals surface area contributed by atoms with E-state index in [1.54, 1.807) is 0 Å². The minimum atomic E-state index is 0.564. The third kappa shape index (κ3) is 24.2. The highest BCUT2D eigenvalue weighted by Gasteiger charge is 2.05. The Labute approximate surface area is 269 Å². The normalized spacial score (nSPS) is 9.74. The summed E-state index contributed by atoms with van der Waals surface area (Å²) in [5.74, 6) is 2.33. The number of imidazole rings is 1. The van der Waals surface area contributed by atoms with Crippen molar-refractivity contribution in [2.75, 3.05) is 0 Å². The molecule has 0 saturated heterocycles. The molecule has 3 aromatic rings. The molecule has 1 aromatic heterocycles. The minimum absolute atomic E-state index is 0.564. The number of hydrogen-bond acceptors (Lipinski definition) is 2. The fraction of sp³-hybridized carbons (Fsp3) is 0.550. The number of nitrogens with zero attached hydrogens (tertiary/aromatic N) is 1. The lowest BCUT2D eigenvalue weighted by atomic mass is 9.98. The van der Waals surface area contributed by atoms with Crippen molar-refractivity contribution in [3.8, 4) is 22.5 Å². The van der Waals surface area contributed by atoms with Gasteiger partial charge in [0.15, 0.2) is 0 Å². The first-order chi connectivity index (χ1) is 20.8. The van der Waals surface area contributed by atoms with Gasteiger partial charge in [0.05, 0.1) is 10.7 Å². The molecule has 3 heteroatoms. The van der Waals surface area contributed by atoms with E-state index in [9.17, 15) is 0 Å². The van der Waals surface area contributed by atoms with Crippen LogP contribution >= 0.6 is 0 Å². The van der Waals surface area contributed by atoms with Crippen molar-refractivity contribution in [2.45, 2.75) is 143 Å². The molecule has 0 unspecified atom stereocenters. The maximum Gasteiger partial charge on any atom is 0.138 e. The lowest BCUT2D eigenvalue weighted by molar-refractivity contribution is -0.0980. The summed E-state index contributed by atoms with van der Waals surface area (Å²) in [6, 6.07) is 17.5. The van der Waals surface area contributed by atoms with Gasteiger partial charge in [0.1, 0.15) is 12.6 Å². The van der Waals surface area contributed by atoms with E-state index in [1.807, 2.05) is 69.1 Å². The summed E-state index contributed by atoms with van der Waals surface area (Å²) in [6.45, 7) is 37.4. The zero-order chi connectivity index (χ0) is 34.8. The van der Waals surface area contributed by atoms with Crippen molar-refractivity contribution in [3.63, 3.8) is 0 Å². The van der Waals surface area contributed by atoms with Crippen LogP contribution in [-0.4, -0.2) is 16.8 Å². The van der Waals surface area contributed by atoms with Crippen LogP contribution in [-0.2, 0) is 4.79 Å². The smallest absolute Gasteiger partial charge is 0.138 e. The number of unbranched alkanes of at least 4 members (excludes halogenated alkanes) is 1. The molecule has 43 heavy (non-hydrogen) atoms. The van der Waals surface area contributed by atoms with Gasteiger partial charge >= 0.3 is 0 Å². The fourth-order valence-electron chi connectivity index (χ4n) is 3.08. The van der Waals surface area contributed by atoms with E-state index >= 15 is 0 Å². The first kappa shape index (κ1) is 49.7. The number of aromatic nitrogens is 2. The van der Waals surface area contributed by atoms with Gasteiger partial charge in [-0.3, -0.25) is 0 Å². The quantitative estimate of drug-likeness (QED) is 0.318. The van der Waals surface area contributed by atoms with Crippen molar-refractivity contribution in [3.05, 3.63) is 64.8 Å². The van der Waals surface area contributed by atoms with Gasteiger partial charge in [-0.15, -0.1) is 0 Å². The van der Waals surface area contributed by atoms with Gasteiger partial charge in [0.25, 0.3) is 0 Å². The summed E-state index contributed by atoms with van der Waals surface area (Å²) >= 11 is 0. The van der Waals surface area contributed by atoms with Gasteiger partial charge in [0.2, 0.25) is 0 Å². The maximum atomic E-state index is 8.00. The molecule has 2 aromatic carbocycles. The third-order valence-corrected chi connectivity index (χ3v) is 4.74. The van der Waals surface area contributed by atoms with E-state index in [-0.39, 0.29) is 0 Å². The van der Waals surface area contributed by atoms with E-state index in [2.05, 4.69) is 121 Å². The molecule has 3 nitrogen and oxygen atoms in total. The van der Waals surface area contributed by atoms with Gasteiger partial charge in [0, 0.05) is 5.56 Å². The molecule has 0 aliphatic heterocycles. The monoisotopic (exact) mass is 597 g/mol. The number of H-pyrrole nitrogens is 1. The van der Waals surface area contributed by atoms with E-state index in [1.165, 1.54) is 23.1 Å².